The lowest BCUT2D eigenvalue weighted by Gasteiger charge is -2.38. The molecule has 0 atom stereocenters. The van der Waals surface area contributed by atoms with Gasteiger partial charge in [0.2, 0.25) is 0 Å². The van der Waals surface area contributed by atoms with Gasteiger partial charge in [-0.25, -0.2) is 4.79 Å². The Bertz CT molecular complexity index is 723. The Morgan fingerprint density at radius 2 is 2.16 bits per heavy atom. The zero-order valence-electron chi connectivity index (χ0n) is 14.8. The largest absolute Gasteiger partial charge is 0.479 e. The second-order valence-corrected chi connectivity index (χ2v) is 6.90. The van der Waals surface area contributed by atoms with Gasteiger partial charge in [-0.15, -0.1) is 0 Å². The predicted octanol–water partition coefficient (Wildman–Crippen LogP) is 3.19. The van der Waals surface area contributed by atoms with E-state index in [2.05, 4.69) is 29.9 Å². The molecule has 0 bridgehead atoms. The fraction of sp³-hybridized carbons (Fsp3) is 0.474. The maximum atomic E-state index is 12.0. The minimum absolute atomic E-state index is 0.291. The van der Waals surface area contributed by atoms with E-state index in [-0.39, 0.29) is 0 Å². The summed E-state index contributed by atoms with van der Waals surface area (Å²) in [5, 5.41) is 14.4. The van der Waals surface area contributed by atoms with Crippen molar-refractivity contribution in [3.63, 3.8) is 0 Å². The molecule has 1 saturated heterocycles. The molecule has 0 unspecified atom stereocenters. The van der Waals surface area contributed by atoms with Crippen molar-refractivity contribution in [2.75, 3.05) is 19.6 Å². The highest BCUT2D eigenvalue weighted by Gasteiger charge is 2.44. The summed E-state index contributed by atoms with van der Waals surface area (Å²) in [6.07, 6.45) is 8.57. The lowest BCUT2D eigenvalue weighted by molar-refractivity contribution is -0.151. The van der Waals surface area contributed by atoms with E-state index in [4.69, 9.17) is 4.42 Å². The lowest BCUT2D eigenvalue weighted by Crippen LogP contribution is -2.51. The highest BCUT2D eigenvalue weighted by Crippen LogP contribution is 2.31. The van der Waals surface area contributed by atoms with E-state index in [0.717, 1.165) is 31.1 Å². The average Bonchev–Trinajstić information content (AvgIpc) is 3.27. The second-order valence-electron chi connectivity index (χ2n) is 6.90. The summed E-state index contributed by atoms with van der Waals surface area (Å²) in [5.74, 6) is 0.324. The third-order valence-corrected chi connectivity index (χ3v) is 4.91. The highest BCUT2D eigenvalue weighted by molar-refractivity contribution is 5.76. The van der Waals surface area contributed by atoms with Crippen LogP contribution in [0.25, 0.3) is 6.08 Å². The van der Waals surface area contributed by atoms with Gasteiger partial charge in [0.05, 0.1) is 12.0 Å². The summed E-state index contributed by atoms with van der Waals surface area (Å²) in [7, 11) is 0. The number of carbonyl (C=O) groups is 1. The van der Waals surface area contributed by atoms with E-state index >= 15 is 0 Å². The van der Waals surface area contributed by atoms with Crippen molar-refractivity contribution >= 4 is 12.0 Å². The van der Waals surface area contributed by atoms with Crippen molar-refractivity contribution in [1.82, 2.24) is 14.7 Å². The number of piperidine rings is 1. The monoisotopic (exact) mass is 343 g/mol. The Kier molecular flexibility index (Phi) is 5.08. The smallest absolute Gasteiger partial charge is 0.331 e. The molecule has 0 amide bonds. The van der Waals surface area contributed by atoms with Gasteiger partial charge in [-0.1, -0.05) is 19.9 Å². The van der Waals surface area contributed by atoms with E-state index in [0.29, 0.717) is 18.8 Å². The van der Waals surface area contributed by atoms with Crippen LogP contribution in [0.1, 0.15) is 44.1 Å². The van der Waals surface area contributed by atoms with E-state index < -0.39 is 11.5 Å². The number of aliphatic carboxylic acids is 1. The Morgan fingerprint density at radius 1 is 1.40 bits per heavy atom. The zero-order valence-corrected chi connectivity index (χ0v) is 14.8. The van der Waals surface area contributed by atoms with Gasteiger partial charge < -0.3 is 9.52 Å². The molecule has 3 heterocycles. The van der Waals surface area contributed by atoms with Crippen LogP contribution in [0.3, 0.4) is 0 Å². The number of aromatic nitrogens is 2. The van der Waals surface area contributed by atoms with Gasteiger partial charge in [-0.3, -0.25) is 9.58 Å². The van der Waals surface area contributed by atoms with Crippen molar-refractivity contribution < 1.29 is 14.3 Å². The summed E-state index contributed by atoms with van der Waals surface area (Å²) in [4.78, 5) is 14.3. The van der Waals surface area contributed by atoms with Gasteiger partial charge in [0.15, 0.2) is 5.54 Å². The Hall–Kier alpha value is -2.34. The summed E-state index contributed by atoms with van der Waals surface area (Å²) < 4.78 is 6.94. The van der Waals surface area contributed by atoms with Crippen molar-refractivity contribution in [3.8, 4) is 0 Å². The first-order chi connectivity index (χ1) is 12.0. The molecule has 25 heavy (non-hydrogen) atoms. The molecule has 6 heteroatoms. The number of carboxylic acids is 1. The molecule has 1 N–H and O–H groups in total. The summed E-state index contributed by atoms with van der Waals surface area (Å²) in [5.41, 5.74) is -0.00148. The van der Waals surface area contributed by atoms with Crippen LogP contribution in [0.4, 0.5) is 0 Å². The number of hydrogen-bond donors (Lipinski definition) is 1. The fourth-order valence-electron chi connectivity index (χ4n) is 3.23. The van der Waals surface area contributed by atoms with Crippen molar-refractivity contribution in [1.29, 1.82) is 0 Å². The van der Waals surface area contributed by atoms with Gasteiger partial charge >= 0.3 is 5.97 Å². The first-order valence-corrected chi connectivity index (χ1v) is 8.73. The van der Waals surface area contributed by atoms with Gasteiger partial charge in [0, 0.05) is 25.8 Å². The van der Waals surface area contributed by atoms with Crippen LogP contribution in [-0.4, -0.2) is 45.4 Å². The van der Waals surface area contributed by atoms with Crippen LogP contribution in [0.2, 0.25) is 0 Å². The van der Waals surface area contributed by atoms with Gasteiger partial charge in [-0.05, 0) is 43.0 Å². The molecular weight excluding hydrogens is 318 g/mol. The lowest BCUT2D eigenvalue weighted by atomic mass is 9.87. The minimum atomic E-state index is -0.936. The van der Waals surface area contributed by atoms with Gasteiger partial charge in [0.25, 0.3) is 0 Å². The Labute approximate surface area is 147 Å². The standard InChI is InChI=1S/C19H25N3O3/c1-15(2)17-7-11-22(20-17)19(18(23)24)8-12-21(13-9-19)10-3-5-16-6-4-14-25-16/h3-7,11,14-15H,8-10,12-13H2,1-2H3,(H,23,24). The van der Waals surface area contributed by atoms with Gasteiger partial charge in [0.1, 0.15) is 5.76 Å². The number of likely N-dealkylation sites (tertiary alicyclic amines) is 1. The van der Waals surface area contributed by atoms with Crippen LogP contribution in [0.15, 0.2) is 41.2 Å². The van der Waals surface area contributed by atoms with Crippen LogP contribution >= 0.6 is 0 Å². The van der Waals surface area contributed by atoms with Crippen LogP contribution in [-0.2, 0) is 10.3 Å². The molecule has 0 aromatic carbocycles. The Balaban J connectivity index is 1.65. The van der Waals surface area contributed by atoms with Crippen LogP contribution in [0, 0.1) is 0 Å². The van der Waals surface area contributed by atoms with E-state index in [1.165, 1.54) is 0 Å². The Morgan fingerprint density at radius 3 is 2.72 bits per heavy atom. The third kappa shape index (κ3) is 3.69. The maximum Gasteiger partial charge on any atom is 0.331 e. The minimum Gasteiger partial charge on any atom is -0.479 e. The SMILES string of the molecule is CC(C)c1ccn(C2(C(=O)O)CCN(CC=Cc3ccco3)CC2)n1. The maximum absolute atomic E-state index is 12.0. The molecule has 0 spiro atoms. The summed E-state index contributed by atoms with van der Waals surface area (Å²) in [6, 6.07) is 5.69. The fourth-order valence-corrected chi connectivity index (χ4v) is 3.23. The topological polar surface area (TPSA) is 71.5 Å². The average molecular weight is 343 g/mol. The van der Waals surface area contributed by atoms with Crippen molar-refractivity contribution in [3.05, 3.63) is 48.2 Å². The predicted molar refractivity (Wildman–Crippen MR) is 95.3 cm³/mol. The number of carboxylic acid groups (broad SMARTS) is 1. The van der Waals surface area contributed by atoms with Crippen molar-refractivity contribution in [2.45, 2.75) is 38.1 Å². The number of hydrogen-bond acceptors (Lipinski definition) is 4. The molecule has 1 aliphatic heterocycles. The number of nitrogens with zero attached hydrogens (tertiary/aromatic N) is 3. The first kappa shape index (κ1) is 17.5. The highest BCUT2D eigenvalue weighted by atomic mass is 16.4. The molecule has 0 saturated carbocycles. The third-order valence-electron chi connectivity index (χ3n) is 4.91. The molecule has 3 rings (SSSR count). The van der Waals surface area contributed by atoms with E-state index in [1.54, 1.807) is 10.9 Å². The zero-order chi connectivity index (χ0) is 17.9. The van der Waals surface area contributed by atoms with Gasteiger partial charge in [-0.2, -0.15) is 5.10 Å². The molecule has 2 aromatic heterocycles. The second kappa shape index (κ2) is 7.27. The van der Waals surface area contributed by atoms with E-state index in [1.807, 2.05) is 30.5 Å². The molecule has 134 valence electrons. The normalized spacial score (nSPS) is 18.2. The van der Waals surface area contributed by atoms with Crippen molar-refractivity contribution in [2.24, 2.45) is 0 Å². The number of furan rings is 1. The summed E-state index contributed by atoms with van der Waals surface area (Å²) >= 11 is 0. The molecular formula is C19H25N3O3. The molecule has 1 fully saturated rings. The molecule has 6 nitrogen and oxygen atoms in total. The quantitative estimate of drug-likeness (QED) is 0.872. The van der Waals surface area contributed by atoms with Crippen LogP contribution in [0.5, 0.6) is 0 Å². The van der Waals surface area contributed by atoms with Crippen LogP contribution < -0.4 is 0 Å². The van der Waals surface area contributed by atoms with E-state index in [9.17, 15) is 9.90 Å². The molecule has 0 aliphatic carbocycles. The first-order valence-electron chi connectivity index (χ1n) is 8.73. The molecule has 0 radical (unpaired) electrons. The summed E-state index contributed by atoms with van der Waals surface area (Å²) in [6.45, 7) is 6.37. The molecule has 1 aliphatic rings. The molecule has 2 aromatic rings. The number of rotatable bonds is 6.